The second-order valence-corrected chi connectivity index (χ2v) is 5.27. The van der Waals surface area contributed by atoms with Crippen LogP contribution in [0.3, 0.4) is 0 Å². The van der Waals surface area contributed by atoms with E-state index in [-0.39, 0.29) is 11.5 Å². The Morgan fingerprint density at radius 3 is 2.62 bits per heavy atom. The van der Waals surface area contributed by atoms with Crippen LogP contribution >= 0.6 is 0 Å². The molecule has 1 aliphatic heterocycles. The molecule has 1 saturated heterocycles. The van der Waals surface area contributed by atoms with Gasteiger partial charge in [0.25, 0.3) is 5.91 Å². The van der Waals surface area contributed by atoms with Crippen molar-refractivity contribution in [2.24, 2.45) is 5.10 Å². The number of alkyl halides is 2. The fraction of sp³-hybridized carbons (Fsp3) is 0.400. The number of urea groups is 1. The van der Waals surface area contributed by atoms with Crippen LogP contribution in [0.25, 0.3) is 0 Å². The summed E-state index contributed by atoms with van der Waals surface area (Å²) in [6, 6.07) is 3.51. The number of hydrogen-bond donors (Lipinski definition) is 1. The number of nitrogens with zero attached hydrogens (tertiary/aromatic N) is 2. The monoisotopic (exact) mass is 341 g/mol. The van der Waals surface area contributed by atoms with Gasteiger partial charge in [0.2, 0.25) is 0 Å². The highest BCUT2D eigenvalue weighted by Crippen LogP contribution is 2.29. The van der Waals surface area contributed by atoms with Gasteiger partial charge >= 0.3 is 12.6 Å². The number of imide groups is 1. The second kappa shape index (κ2) is 6.81. The molecule has 0 spiro atoms. The summed E-state index contributed by atoms with van der Waals surface area (Å²) in [5.74, 6) is -0.510. The van der Waals surface area contributed by atoms with Gasteiger partial charge in [-0.05, 0) is 37.1 Å². The molecular weight excluding hydrogens is 324 g/mol. The van der Waals surface area contributed by atoms with Crippen LogP contribution in [-0.2, 0) is 4.79 Å². The van der Waals surface area contributed by atoms with E-state index in [1.807, 2.05) is 0 Å². The molecule has 1 heterocycles. The van der Waals surface area contributed by atoms with Gasteiger partial charge in [-0.3, -0.25) is 4.79 Å². The predicted molar refractivity (Wildman–Crippen MR) is 81.3 cm³/mol. The number of carbonyl (C=O) groups excluding carboxylic acids is 2. The summed E-state index contributed by atoms with van der Waals surface area (Å²) >= 11 is 0. The van der Waals surface area contributed by atoms with Crippen LogP contribution in [0, 0.1) is 0 Å². The van der Waals surface area contributed by atoms with E-state index in [9.17, 15) is 18.4 Å². The Morgan fingerprint density at radius 1 is 1.38 bits per heavy atom. The quantitative estimate of drug-likeness (QED) is 0.636. The maximum absolute atomic E-state index is 12.3. The lowest BCUT2D eigenvalue weighted by atomic mass is 10.00. The van der Waals surface area contributed by atoms with Crippen molar-refractivity contribution < 1.29 is 27.8 Å². The van der Waals surface area contributed by atoms with Crippen molar-refractivity contribution in [1.82, 2.24) is 10.3 Å². The third-order valence-corrected chi connectivity index (χ3v) is 3.67. The van der Waals surface area contributed by atoms with Crippen LogP contribution in [-0.4, -0.2) is 42.4 Å². The maximum Gasteiger partial charge on any atom is 0.387 e. The molecule has 1 atom stereocenters. The minimum absolute atomic E-state index is 0.0786. The highest BCUT2D eigenvalue weighted by Gasteiger charge is 2.46. The van der Waals surface area contributed by atoms with Gasteiger partial charge in [0, 0.05) is 0 Å². The van der Waals surface area contributed by atoms with Crippen LogP contribution in [0.2, 0.25) is 0 Å². The van der Waals surface area contributed by atoms with Crippen LogP contribution in [0.15, 0.2) is 23.3 Å². The molecule has 1 unspecified atom stereocenters. The third kappa shape index (κ3) is 3.44. The second-order valence-electron chi connectivity index (χ2n) is 5.27. The third-order valence-electron chi connectivity index (χ3n) is 3.67. The maximum atomic E-state index is 12.3. The van der Waals surface area contributed by atoms with Gasteiger partial charge in [-0.15, -0.1) is 5.01 Å². The summed E-state index contributed by atoms with van der Waals surface area (Å²) in [6.07, 6.45) is 1.69. The van der Waals surface area contributed by atoms with Crippen molar-refractivity contribution in [3.05, 3.63) is 23.8 Å². The highest BCUT2D eigenvalue weighted by molar-refractivity contribution is 6.07. The minimum atomic E-state index is -2.98. The summed E-state index contributed by atoms with van der Waals surface area (Å²) in [5.41, 5.74) is -0.541. The Bertz CT molecular complexity index is 681. The fourth-order valence-electron chi connectivity index (χ4n) is 2.10. The number of nitrogens with one attached hydrogen (secondary N) is 1. The first-order valence-corrected chi connectivity index (χ1v) is 7.14. The largest absolute Gasteiger partial charge is 0.493 e. The van der Waals surface area contributed by atoms with E-state index < -0.39 is 24.1 Å². The first-order valence-electron chi connectivity index (χ1n) is 7.14. The lowest BCUT2D eigenvalue weighted by Crippen LogP contribution is -2.42. The molecule has 0 bridgehead atoms. The number of carbonyl (C=O) groups is 2. The number of benzene rings is 1. The van der Waals surface area contributed by atoms with Crippen LogP contribution in [0.4, 0.5) is 13.6 Å². The molecular formula is C15H17F2N3O4. The zero-order chi connectivity index (χ0) is 17.9. The Morgan fingerprint density at radius 2 is 2.08 bits per heavy atom. The van der Waals surface area contributed by atoms with Crippen LogP contribution in [0.1, 0.15) is 25.8 Å². The number of ether oxygens (including phenoxy) is 2. The molecule has 3 amide bonds. The van der Waals surface area contributed by atoms with E-state index in [1.165, 1.54) is 31.5 Å². The highest BCUT2D eigenvalue weighted by atomic mass is 19.3. The molecule has 9 heteroatoms. The minimum Gasteiger partial charge on any atom is -0.493 e. The Kier molecular flexibility index (Phi) is 5.01. The van der Waals surface area contributed by atoms with Crippen LogP contribution < -0.4 is 14.8 Å². The molecule has 2 rings (SSSR count). The van der Waals surface area contributed by atoms with Crippen molar-refractivity contribution in [2.45, 2.75) is 32.4 Å². The Labute approximate surface area is 137 Å². The summed E-state index contributed by atoms with van der Waals surface area (Å²) in [7, 11) is 1.30. The number of rotatable bonds is 6. The van der Waals surface area contributed by atoms with Crippen molar-refractivity contribution in [3.63, 3.8) is 0 Å². The summed E-state index contributed by atoms with van der Waals surface area (Å²) < 4.78 is 33.9. The lowest BCUT2D eigenvalue weighted by molar-refractivity contribution is -0.130. The molecule has 1 aromatic rings. The van der Waals surface area contributed by atoms with Gasteiger partial charge < -0.3 is 14.8 Å². The van der Waals surface area contributed by atoms with Gasteiger partial charge in [0.05, 0.1) is 13.3 Å². The van der Waals surface area contributed by atoms with E-state index in [2.05, 4.69) is 15.2 Å². The number of hydrazone groups is 1. The zero-order valence-electron chi connectivity index (χ0n) is 13.4. The molecule has 0 aromatic heterocycles. The molecule has 1 N–H and O–H groups in total. The zero-order valence-corrected chi connectivity index (χ0v) is 13.4. The van der Waals surface area contributed by atoms with Crippen molar-refractivity contribution >= 4 is 18.2 Å². The predicted octanol–water partition coefficient (Wildman–Crippen LogP) is 2.35. The lowest BCUT2D eigenvalue weighted by Gasteiger charge is -2.17. The number of hydrogen-bond acceptors (Lipinski definition) is 5. The molecule has 24 heavy (non-hydrogen) atoms. The molecule has 1 aromatic carbocycles. The van der Waals surface area contributed by atoms with Crippen LogP contribution in [0.5, 0.6) is 11.5 Å². The molecule has 7 nitrogen and oxygen atoms in total. The molecule has 1 aliphatic rings. The SMILES string of the molecule is CCC1(C)NC(=O)N(/N=C/c2ccc(OC(F)F)c(OC)c2)C1=O. The Hall–Kier alpha value is -2.71. The van der Waals surface area contributed by atoms with Gasteiger partial charge in [-0.1, -0.05) is 6.92 Å². The normalized spacial score (nSPS) is 20.8. The van der Waals surface area contributed by atoms with Gasteiger partial charge in [-0.25, -0.2) is 4.79 Å². The Balaban J connectivity index is 2.20. The van der Waals surface area contributed by atoms with Crippen molar-refractivity contribution in [1.29, 1.82) is 0 Å². The van der Waals surface area contributed by atoms with E-state index >= 15 is 0 Å². The van der Waals surface area contributed by atoms with E-state index in [1.54, 1.807) is 13.8 Å². The van der Waals surface area contributed by atoms with E-state index in [0.29, 0.717) is 12.0 Å². The summed E-state index contributed by atoms with van der Waals surface area (Å²) in [6.45, 7) is 0.413. The summed E-state index contributed by atoms with van der Waals surface area (Å²) in [4.78, 5) is 24.0. The van der Waals surface area contributed by atoms with Crippen molar-refractivity contribution in [2.75, 3.05) is 7.11 Å². The molecule has 0 aliphatic carbocycles. The molecule has 0 radical (unpaired) electrons. The molecule has 0 saturated carbocycles. The molecule has 130 valence electrons. The standard InChI is InChI=1S/C15H17F2N3O4/c1-4-15(2)12(21)20(14(22)19-15)18-8-9-5-6-10(24-13(16)17)11(7-9)23-3/h5-8,13H,4H2,1-3H3,(H,19,22)/b18-8+. The number of halogens is 2. The van der Waals surface area contributed by atoms with Crippen molar-refractivity contribution in [3.8, 4) is 11.5 Å². The van der Waals surface area contributed by atoms with Gasteiger partial charge in [0.1, 0.15) is 5.54 Å². The average Bonchev–Trinajstić information content (AvgIpc) is 2.76. The van der Waals surface area contributed by atoms with Gasteiger partial charge in [-0.2, -0.15) is 13.9 Å². The first-order chi connectivity index (χ1) is 11.3. The van der Waals surface area contributed by atoms with E-state index in [0.717, 1.165) is 5.01 Å². The number of methoxy groups -OCH3 is 1. The first kappa shape index (κ1) is 17.6. The smallest absolute Gasteiger partial charge is 0.387 e. The molecule has 1 fully saturated rings. The van der Waals surface area contributed by atoms with E-state index in [4.69, 9.17) is 4.74 Å². The average molecular weight is 341 g/mol. The fourth-order valence-corrected chi connectivity index (χ4v) is 2.10. The summed E-state index contributed by atoms with van der Waals surface area (Å²) in [5, 5.41) is 7.17. The van der Waals surface area contributed by atoms with Gasteiger partial charge in [0.15, 0.2) is 11.5 Å². The topological polar surface area (TPSA) is 80.2 Å². The number of amides is 3.